The van der Waals surface area contributed by atoms with Crippen molar-refractivity contribution in [3.63, 3.8) is 0 Å². The summed E-state index contributed by atoms with van der Waals surface area (Å²) in [5.74, 6) is 0.905. The van der Waals surface area contributed by atoms with Gasteiger partial charge in [-0.1, -0.05) is 34.6 Å². The van der Waals surface area contributed by atoms with Crippen molar-refractivity contribution in [1.29, 1.82) is 0 Å². The zero-order chi connectivity index (χ0) is 14.4. The monoisotopic (exact) mass is 252 g/mol. The van der Waals surface area contributed by atoms with Gasteiger partial charge in [0.1, 0.15) is 5.78 Å². The summed E-state index contributed by atoms with van der Waals surface area (Å²) in [7, 11) is 1.87. The minimum Gasteiger partial charge on any atom is -0.387 e. The molecule has 0 unspecified atom stereocenters. The van der Waals surface area contributed by atoms with Gasteiger partial charge in [-0.2, -0.15) is 0 Å². The Morgan fingerprint density at radius 2 is 2.00 bits per heavy atom. The van der Waals surface area contributed by atoms with Gasteiger partial charge in [0.2, 0.25) is 0 Å². The molecule has 0 saturated carbocycles. The molecule has 1 heterocycles. The molecule has 3 heteroatoms. The highest BCUT2D eigenvalue weighted by Gasteiger charge is 1.99. The van der Waals surface area contributed by atoms with Gasteiger partial charge in [-0.25, -0.2) is 0 Å². The van der Waals surface area contributed by atoms with Crippen LogP contribution in [0.15, 0.2) is 24.5 Å². The number of anilines is 1. The van der Waals surface area contributed by atoms with E-state index < -0.39 is 0 Å². The fourth-order valence-electron chi connectivity index (χ4n) is 1.11. The Balaban J connectivity index is 0. The number of nitrogens with one attached hydrogen (secondary N) is 1. The molecular weight excluding hydrogens is 224 g/mol. The zero-order valence-corrected chi connectivity index (χ0v) is 12.7. The van der Waals surface area contributed by atoms with Gasteiger partial charge in [0.05, 0.1) is 5.69 Å². The lowest BCUT2D eigenvalue weighted by Crippen LogP contribution is -1.99. The summed E-state index contributed by atoms with van der Waals surface area (Å²) in [6, 6.07) is 3.86. The highest BCUT2D eigenvalue weighted by molar-refractivity contribution is 5.78. The first-order valence-electron chi connectivity index (χ1n) is 6.69. The fourth-order valence-corrected chi connectivity index (χ4v) is 1.11. The number of hydrogen-bond acceptors (Lipinski definition) is 3. The molecule has 0 aromatic carbocycles. The number of carbonyl (C=O) groups is 1. The Labute approximate surface area is 112 Å². The molecule has 0 atom stereocenters. The molecule has 0 aliphatic heterocycles. The SMILES string of the molecule is CC.CCC(=O)CC(C)C.CNc1cccnc1. The average molecular weight is 252 g/mol. The van der Waals surface area contributed by atoms with Crippen LogP contribution in [-0.4, -0.2) is 17.8 Å². The van der Waals surface area contributed by atoms with Crippen LogP contribution in [-0.2, 0) is 4.79 Å². The van der Waals surface area contributed by atoms with Crippen molar-refractivity contribution in [3.8, 4) is 0 Å². The van der Waals surface area contributed by atoms with E-state index in [1.54, 1.807) is 12.4 Å². The van der Waals surface area contributed by atoms with Crippen LogP contribution in [0.2, 0.25) is 0 Å². The maximum atomic E-state index is 10.6. The van der Waals surface area contributed by atoms with Gasteiger partial charge >= 0.3 is 0 Å². The van der Waals surface area contributed by atoms with Crippen LogP contribution in [0.3, 0.4) is 0 Å². The number of nitrogens with zero attached hydrogens (tertiary/aromatic N) is 1. The normalized spacial score (nSPS) is 8.61. The maximum Gasteiger partial charge on any atom is 0.132 e. The summed E-state index contributed by atoms with van der Waals surface area (Å²) in [4.78, 5) is 14.5. The van der Waals surface area contributed by atoms with Crippen molar-refractivity contribution in [2.24, 2.45) is 5.92 Å². The van der Waals surface area contributed by atoms with E-state index in [1.807, 2.05) is 40.0 Å². The Hall–Kier alpha value is -1.38. The van der Waals surface area contributed by atoms with Gasteiger partial charge in [0.25, 0.3) is 0 Å². The van der Waals surface area contributed by atoms with E-state index >= 15 is 0 Å². The minimum atomic E-state index is 0.375. The second-order valence-electron chi connectivity index (χ2n) is 3.98. The second kappa shape index (κ2) is 13.7. The highest BCUT2D eigenvalue weighted by Crippen LogP contribution is 2.01. The minimum absolute atomic E-state index is 0.375. The highest BCUT2D eigenvalue weighted by atomic mass is 16.1. The van der Waals surface area contributed by atoms with Crippen LogP contribution in [0.5, 0.6) is 0 Å². The molecule has 0 bridgehead atoms. The number of aromatic nitrogens is 1. The predicted molar refractivity (Wildman–Crippen MR) is 79.9 cm³/mol. The van der Waals surface area contributed by atoms with Crippen molar-refractivity contribution in [2.45, 2.75) is 47.5 Å². The molecule has 1 rings (SSSR count). The van der Waals surface area contributed by atoms with Gasteiger partial charge in [-0.05, 0) is 18.1 Å². The predicted octanol–water partition coefficient (Wildman–Crippen LogP) is 4.16. The van der Waals surface area contributed by atoms with Crippen molar-refractivity contribution in [1.82, 2.24) is 4.98 Å². The summed E-state index contributed by atoms with van der Waals surface area (Å²) in [6.45, 7) is 10.0. The molecule has 0 aliphatic rings. The summed E-state index contributed by atoms with van der Waals surface area (Å²) in [5.41, 5.74) is 1.05. The maximum absolute atomic E-state index is 10.6. The third-order valence-corrected chi connectivity index (χ3v) is 1.98. The van der Waals surface area contributed by atoms with E-state index in [4.69, 9.17) is 0 Å². The van der Waals surface area contributed by atoms with Crippen molar-refractivity contribution < 1.29 is 4.79 Å². The van der Waals surface area contributed by atoms with Gasteiger partial charge in [-0.15, -0.1) is 0 Å². The molecule has 104 valence electrons. The van der Waals surface area contributed by atoms with Crippen molar-refractivity contribution in [2.75, 3.05) is 12.4 Å². The third-order valence-electron chi connectivity index (χ3n) is 1.98. The molecule has 0 fully saturated rings. The first kappa shape index (κ1) is 19.0. The smallest absolute Gasteiger partial charge is 0.132 e. The Morgan fingerprint density at radius 3 is 2.22 bits per heavy atom. The Bertz CT molecular complexity index is 284. The first-order chi connectivity index (χ1) is 8.60. The zero-order valence-electron chi connectivity index (χ0n) is 12.7. The van der Waals surface area contributed by atoms with Crippen LogP contribution in [0.1, 0.15) is 47.5 Å². The lowest BCUT2D eigenvalue weighted by molar-refractivity contribution is -0.119. The van der Waals surface area contributed by atoms with Crippen LogP contribution >= 0.6 is 0 Å². The molecule has 18 heavy (non-hydrogen) atoms. The third kappa shape index (κ3) is 12.7. The van der Waals surface area contributed by atoms with Crippen LogP contribution in [0.4, 0.5) is 5.69 Å². The summed E-state index contributed by atoms with van der Waals surface area (Å²) >= 11 is 0. The van der Waals surface area contributed by atoms with E-state index in [9.17, 15) is 4.79 Å². The number of Topliss-reactive ketones (excluding diaryl/α,β-unsaturated/α-hetero) is 1. The lowest BCUT2D eigenvalue weighted by atomic mass is 10.1. The van der Waals surface area contributed by atoms with Gasteiger partial charge in [0.15, 0.2) is 0 Å². The van der Waals surface area contributed by atoms with E-state index in [2.05, 4.69) is 24.1 Å². The second-order valence-corrected chi connectivity index (χ2v) is 3.98. The number of ketones is 1. The molecule has 0 radical (unpaired) electrons. The van der Waals surface area contributed by atoms with E-state index in [-0.39, 0.29) is 0 Å². The van der Waals surface area contributed by atoms with Crippen LogP contribution in [0, 0.1) is 5.92 Å². The van der Waals surface area contributed by atoms with E-state index in [0.717, 1.165) is 12.1 Å². The lowest BCUT2D eigenvalue weighted by Gasteiger charge is -1.98. The summed E-state index contributed by atoms with van der Waals surface area (Å²) in [6.07, 6.45) is 4.97. The quantitative estimate of drug-likeness (QED) is 0.874. The van der Waals surface area contributed by atoms with Gasteiger partial charge in [0, 0.05) is 32.3 Å². The van der Waals surface area contributed by atoms with E-state index in [0.29, 0.717) is 18.1 Å². The molecule has 3 nitrogen and oxygen atoms in total. The number of pyridine rings is 1. The summed E-state index contributed by atoms with van der Waals surface area (Å²) < 4.78 is 0. The van der Waals surface area contributed by atoms with E-state index in [1.165, 1.54) is 0 Å². The molecule has 0 aliphatic carbocycles. The number of rotatable bonds is 4. The molecule has 1 N–H and O–H groups in total. The van der Waals surface area contributed by atoms with Gasteiger partial charge in [-0.3, -0.25) is 9.78 Å². The Kier molecular flexibility index (Phi) is 14.4. The van der Waals surface area contributed by atoms with Crippen molar-refractivity contribution >= 4 is 11.5 Å². The molecule has 0 amide bonds. The standard InChI is InChI=1S/C7H14O.C6H8N2.C2H6/c1-4-7(8)5-6(2)3;1-7-6-3-2-4-8-5-6;1-2/h6H,4-5H2,1-3H3;2-5,7H,1H3;1-2H3. The molecule has 0 spiro atoms. The van der Waals surface area contributed by atoms with Gasteiger partial charge < -0.3 is 5.32 Å². The molecule has 1 aromatic heterocycles. The molecule has 1 aromatic rings. The largest absolute Gasteiger partial charge is 0.387 e. The number of hydrogen-bond donors (Lipinski definition) is 1. The van der Waals surface area contributed by atoms with Crippen LogP contribution < -0.4 is 5.32 Å². The average Bonchev–Trinajstić information content (AvgIpc) is 2.42. The fraction of sp³-hybridized carbons (Fsp3) is 0.600. The summed E-state index contributed by atoms with van der Waals surface area (Å²) in [5, 5.41) is 2.96. The first-order valence-corrected chi connectivity index (χ1v) is 6.69. The number of carbonyl (C=O) groups excluding carboxylic acids is 1. The van der Waals surface area contributed by atoms with Crippen molar-refractivity contribution in [3.05, 3.63) is 24.5 Å². The Morgan fingerprint density at radius 1 is 1.39 bits per heavy atom. The topological polar surface area (TPSA) is 42.0 Å². The van der Waals surface area contributed by atoms with Crippen LogP contribution in [0.25, 0.3) is 0 Å². The molecule has 0 saturated heterocycles. The molecular formula is C15H28N2O.